The Bertz CT molecular complexity index is 400. The highest BCUT2D eigenvalue weighted by molar-refractivity contribution is 9.10. The molecule has 2 nitrogen and oxygen atoms in total. The first-order valence-corrected chi connectivity index (χ1v) is 6.73. The molecular weight excluding hydrogens is 283 g/mol. The lowest BCUT2D eigenvalue weighted by Crippen LogP contribution is -2.29. The second-order valence-electron chi connectivity index (χ2n) is 4.94. The van der Waals surface area contributed by atoms with Crippen LogP contribution in [0.15, 0.2) is 22.7 Å². The second kappa shape index (κ2) is 5.04. The molecule has 3 unspecified atom stereocenters. The van der Waals surface area contributed by atoms with Crippen LogP contribution in [-0.2, 0) is 0 Å². The van der Waals surface area contributed by atoms with E-state index >= 15 is 0 Å². The minimum Gasteiger partial charge on any atom is -0.326 e. The summed E-state index contributed by atoms with van der Waals surface area (Å²) < 4.78 is 13.9. The van der Waals surface area contributed by atoms with Gasteiger partial charge >= 0.3 is 0 Å². The predicted molar refractivity (Wildman–Crippen MR) is 71.2 cm³/mol. The Balaban J connectivity index is 2.17. The fourth-order valence-electron chi connectivity index (χ4n) is 2.38. The quantitative estimate of drug-likeness (QED) is 0.910. The van der Waals surface area contributed by atoms with Gasteiger partial charge in [-0.3, -0.25) is 4.90 Å². The zero-order valence-electron chi connectivity index (χ0n) is 10.2. The molecule has 3 atom stereocenters. The number of hydrogen-bond donors (Lipinski definition) is 1. The van der Waals surface area contributed by atoms with Gasteiger partial charge in [-0.05, 0) is 30.5 Å². The van der Waals surface area contributed by atoms with Crippen LogP contribution in [0.5, 0.6) is 0 Å². The summed E-state index contributed by atoms with van der Waals surface area (Å²) in [7, 11) is 0. The largest absolute Gasteiger partial charge is 0.326 e. The first-order valence-electron chi connectivity index (χ1n) is 5.93. The molecule has 1 aromatic rings. The Morgan fingerprint density at radius 1 is 1.47 bits per heavy atom. The van der Waals surface area contributed by atoms with Crippen LogP contribution in [0.4, 0.5) is 4.39 Å². The number of benzene rings is 1. The number of halogens is 2. The average Bonchev–Trinajstić information content (AvgIpc) is 2.58. The van der Waals surface area contributed by atoms with E-state index in [0.29, 0.717) is 5.92 Å². The smallest absolute Gasteiger partial charge is 0.124 e. The third kappa shape index (κ3) is 2.69. The van der Waals surface area contributed by atoms with Gasteiger partial charge in [-0.25, -0.2) is 4.39 Å². The van der Waals surface area contributed by atoms with Gasteiger partial charge in [0.2, 0.25) is 0 Å². The summed E-state index contributed by atoms with van der Waals surface area (Å²) in [6.07, 6.45) is 0. The molecule has 1 aliphatic heterocycles. The Labute approximate surface area is 110 Å². The van der Waals surface area contributed by atoms with Crippen LogP contribution in [0.3, 0.4) is 0 Å². The summed E-state index contributed by atoms with van der Waals surface area (Å²) in [5.74, 6) is 0.316. The number of hydrogen-bond acceptors (Lipinski definition) is 2. The van der Waals surface area contributed by atoms with E-state index in [2.05, 4.69) is 34.7 Å². The monoisotopic (exact) mass is 300 g/mol. The van der Waals surface area contributed by atoms with Crippen LogP contribution in [-0.4, -0.2) is 24.0 Å². The van der Waals surface area contributed by atoms with E-state index in [1.54, 1.807) is 0 Å². The van der Waals surface area contributed by atoms with Crippen LogP contribution < -0.4 is 5.73 Å². The van der Waals surface area contributed by atoms with Gasteiger partial charge in [-0.2, -0.15) is 0 Å². The minimum absolute atomic E-state index is 0.209. The maximum absolute atomic E-state index is 13.0. The zero-order chi connectivity index (χ0) is 12.6. The lowest BCUT2D eigenvalue weighted by Gasteiger charge is -2.25. The fraction of sp³-hybridized carbons (Fsp3) is 0.538. The van der Waals surface area contributed by atoms with Gasteiger partial charge in [0, 0.05) is 29.6 Å². The highest BCUT2D eigenvalue weighted by atomic mass is 79.9. The van der Waals surface area contributed by atoms with Crippen molar-refractivity contribution in [2.24, 2.45) is 11.7 Å². The van der Waals surface area contributed by atoms with Crippen LogP contribution in [0.1, 0.15) is 25.5 Å². The summed E-state index contributed by atoms with van der Waals surface area (Å²) in [5.41, 5.74) is 7.15. The summed E-state index contributed by atoms with van der Waals surface area (Å²) in [6.45, 7) is 6.23. The summed E-state index contributed by atoms with van der Waals surface area (Å²) in [6, 6.07) is 5.39. The van der Waals surface area contributed by atoms with Gasteiger partial charge < -0.3 is 5.73 Å². The maximum atomic E-state index is 13.0. The Morgan fingerprint density at radius 3 is 2.71 bits per heavy atom. The van der Waals surface area contributed by atoms with E-state index in [-0.39, 0.29) is 17.9 Å². The number of likely N-dealkylation sites (tertiary alicyclic amines) is 1. The second-order valence-corrected chi connectivity index (χ2v) is 5.79. The molecule has 1 aromatic carbocycles. The molecule has 0 aromatic heterocycles. The molecule has 0 amide bonds. The molecule has 0 bridgehead atoms. The molecule has 17 heavy (non-hydrogen) atoms. The van der Waals surface area contributed by atoms with E-state index < -0.39 is 0 Å². The van der Waals surface area contributed by atoms with Gasteiger partial charge in [0.1, 0.15) is 5.82 Å². The molecule has 0 saturated carbocycles. The standard InChI is InChI=1S/C13H18BrFN2/c1-8-6-17(7-13(8)16)9(2)11-4-3-10(15)5-12(11)14/h3-5,8-9,13H,6-7,16H2,1-2H3. The van der Waals surface area contributed by atoms with E-state index in [0.717, 1.165) is 23.1 Å². The molecule has 1 saturated heterocycles. The van der Waals surface area contributed by atoms with Gasteiger partial charge in [0.15, 0.2) is 0 Å². The first-order chi connectivity index (χ1) is 7.99. The molecule has 2 N–H and O–H groups in total. The number of nitrogens with two attached hydrogens (primary N) is 1. The van der Waals surface area contributed by atoms with Gasteiger partial charge in [0.25, 0.3) is 0 Å². The molecule has 2 rings (SSSR count). The van der Waals surface area contributed by atoms with E-state index in [1.165, 1.54) is 12.1 Å². The normalized spacial score (nSPS) is 27.4. The van der Waals surface area contributed by atoms with Crippen LogP contribution in [0.2, 0.25) is 0 Å². The molecule has 1 fully saturated rings. The SMILES string of the molecule is CC1CN(C(C)c2ccc(F)cc2Br)CC1N. The molecule has 0 spiro atoms. The lowest BCUT2D eigenvalue weighted by molar-refractivity contribution is 0.253. The highest BCUT2D eigenvalue weighted by Crippen LogP contribution is 2.31. The third-order valence-electron chi connectivity index (χ3n) is 3.66. The van der Waals surface area contributed by atoms with E-state index in [4.69, 9.17) is 5.73 Å². The molecule has 0 aliphatic carbocycles. The predicted octanol–water partition coefficient (Wildman–Crippen LogP) is 2.93. The lowest BCUT2D eigenvalue weighted by atomic mass is 10.1. The molecule has 4 heteroatoms. The molecular formula is C13H18BrFN2. The third-order valence-corrected chi connectivity index (χ3v) is 4.35. The first kappa shape index (κ1) is 13.0. The van der Waals surface area contributed by atoms with Gasteiger partial charge in [-0.1, -0.05) is 28.9 Å². The summed E-state index contributed by atoms with van der Waals surface area (Å²) in [5, 5.41) is 0. The van der Waals surface area contributed by atoms with Crippen molar-refractivity contribution >= 4 is 15.9 Å². The Hall–Kier alpha value is -0.450. The summed E-state index contributed by atoms with van der Waals surface area (Å²) in [4.78, 5) is 2.35. The van der Waals surface area contributed by atoms with Crippen molar-refractivity contribution in [3.63, 3.8) is 0 Å². The van der Waals surface area contributed by atoms with Crippen molar-refractivity contribution in [3.05, 3.63) is 34.1 Å². The van der Waals surface area contributed by atoms with E-state index in [1.807, 2.05) is 6.07 Å². The van der Waals surface area contributed by atoms with Crippen molar-refractivity contribution in [1.29, 1.82) is 0 Å². The van der Waals surface area contributed by atoms with Gasteiger partial charge in [-0.15, -0.1) is 0 Å². The van der Waals surface area contributed by atoms with Crippen LogP contribution in [0, 0.1) is 11.7 Å². The van der Waals surface area contributed by atoms with Crippen molar-refractivity contribution in [1.82, 2.24) is 4.90 Å². The zero-order valence-corrected chi connectivity index (χ0v) is 11.7. The molecule has 94 valence electrons. The van der Waals surface area contributed by atoms with E-state index in [9.17, 15) is 4.39 Å². The summed E-state index contributed by atoms with van der Waals surface area (Å²) >= 11 is 3.43. The molecule has 1 heterocycles. The van der Waals surface area contributed by atoms with Crippen molar-refractivity contribution < 1.29 is 4.39 Å². The maximum Gasteiger partial charge on any atom is 0.124 e. The van der Waals surface area contributed by atoms with Crippen molar-refractivity contribution in [2.45, 2.75) is 25.9 Å². The fourth-order valence-corrected chi connectivity index (χ4v) is 3.07. The van der Waals surface area contributed by atoms with Crippen LogP contribution in [0.25, 0.3) is 0 Å². The average molecular weight is 301 g/mol. The number of nitrogens with zero attached hydrogens (tertiary/aromatic N) is 1. The Morgan fingerprint density at radius 2 is 2.18 bits per heavy atom. The minimum atomic E-state index is -0.209. The van der Waals surface area contributed by atoms with Crippen molar-refractivity contribution in [2.75, 3.05) is 13.1 Å². The van der Waals surface area contributed by atoms with Crippen LogP contribution >= 0.6 is 15.9 Å². The van der Waals surface area contributed by atoms with Crippen molar-refractivity contribution in [3.8, 4) is 0 Å². The molecule has 1 aliphatic rings. The topological polar surface area (TPSA) is 29.3 Å². The molecule has 0 radical (unpaired) electrons. The Kier molecular flexibility index (Phi) is 3.85. The number of rotatable bonds is 2. The highest BCUT2D eigenvalue weighted by Gasteiger charge is 2.30. The van der Waals surface area contributed by atoms with Gasteiger partial charge in [0.05, 0.1) is 0 Å².